The second-order valence-corrected chi connectivity index (χ2v) is 5.46. The third kappa shape index (κ3) is 2.44. The van der Waals surface area contributed by atoms with Crippen molar-refractivity contribution in [3.63, 3.8) is 0 Å². The maximum atomic E-state index is 12.2. The second kappa shape index (κ2) is 4.64. The zero-order valence-electron chi connectivity index (χ0n) is 10.8. The lowest BCUT2D eigenvalue weighted by molar-refractivity contribution is -0.142. The van der Waals surface area contributed by atoms with Crippen LogP contribution in [0.15, 0.2) is 0 Å². The van der Waals surface area contributed by atoms with Crippen LogP contribution in [0.2, 0.25) is 0 Å². The number of hydrogen-bond donors (Lipinski definition) is 2. The van der Waals surface area contributed by atoms with Crippen molar-refractivity contribution in [2.75, 3.05) is 13.2 Å². The third-order valence-corrected chi connectivity index (χ3v) is 3.61. The SMILES string of the molecule is CC(C)N(CCO)C(=O)[C@H]1[C@@H](C(=O)O)C1(C)C. The number of hydrogen-bond acceptors (Lipinski definition) is 3. The van der Waals surface area contributed by atoms with E-state index in [1.807, 2.05) is 13.8 Å². The smallest absolute Gasteiger partial charge is 0.307 e. The van der Waals surface area contributed by atoms with E-state index in [1.54, 1.807) is 18.7 Å². The van der Waals surface area contributed by atoms with Gasteiger partial charge in [0.15, 0.2) is 0 Å². The Morgan fingerprint density at radius 1 is 1.29 bits per heavy atom. The van der Waals surface area contributed by atoms with E-state index in [4.69, 9.17) is 10.2 Å². The fraction of sp³-hybridized carbons (Fsp3) is 0.833. The van der Waals surface area contributed by atoms with Crippen LogP contribution in [0.25, 0.3) is 0 Å². The van der Waals surface area contributed by atoms with E-state index in [0.717, 1.165) is 0 Å². The summed E-state index contributed by atoms with van der Waals surface area (Å²) in [6.45, 7) is 7.47. The van der Waals surface area contributed by atoms with Crippen molar-refractivity contribution in [1.29, 1.82) is 0 Å². The van der Waals surface area contributed by atoms with Crippen LogP contribution in [0, 0.1) is 17.3 Å². The lowest BCUT2D eigenvalue weighted by atomic mass is 10.1. The van der Waals surface area contributed by atoms with Crippen LogP contribution < -0.4 is 0 Å². The van der Waals surface area contributed by atoms with Gasteiger partial charge in [0.05, 0.1) is 18.4 Å². The van der Waals surface area contributed by atoms with Crippen molar-refractivity contribution in [3.8, 4) is 0 Å². The summed E-state index contributed by atoms with van der Waals surface area (Å²) in [6, 6.07) is -0.0273. The van der Waals surface area contributed by atoms with Crippen molar-refractivity contribution in [1.82, 2.24) is 4.90 Å². The first-order valence-corrected chi connectivity index (χ1v) is 5.89. The number of aliphatic hydroxyl groups is 1. The molecule has 0 unspecified atom stereocenters. The van der Waals surface area contributed by atoms with Crippen molar-refractivity contribution in [3.05, 3.63) is 0 Å². The number of carbonyl (C=O) groups is 2. The minimum absolute atomic E-state index is 0.0273. The van der Waals surface area contributed by atoms with Crippen molar-refractivity contribution < 1.29 is 19.8 Å². The molecule has 0 aliphatic heterocycles. The predicted octanol–water partition coefficient (Wildman–Crippen LogP) is 0.572. The fourth-order valence-electron chi connectivity index (χ4n) is 2.47. The van der Waals surface area contributed by atoms with Gasteiger partial charge in [-0.15, -0.1) is 0 Å². The van der Waals surface area contributed by atoms with Crippen LogP contribution in [0.1, 0.15) is 27.7 Å². The number of carbonyl (C=O) groups excluding carboxylic acids is 1. The van der Waals surface area contributed by atoms with Gasteiger partial charge in [-0.05, 0) is 19.3 Å². The topological polar surface area (TPSA) is 77.8 Å². The van der Waals surface area contributed by atoms with Gasteiger partial charge in [0.1, 0.15) is 0 Å². The molecule has 2 N–H and O–H groups in total. The molecule has 1 fully saturated rings. The molecule has 0 aromatic rings. The highest BCUT2D eigenvalue weighted by Gasteiger charge is 2.66. The van der Waals surface area contributed by atoms with Gasteiger partial charge in [-0.2, -0.15) is 0 Å². The first-order chi connectivity index (χ1) is 7.75. The molecule has 1 saturated carbocycles. The summed E-state index contributed by atoms with van der Waals surface area (Å²) in [4.78, 5) is 24.8. The molecule has 0 radical (unpaired) electrons. The fourth-order valence-corrected chi connectivity index (χ4v) is 2.47. The molecule has 5 heteroatoms. The zero-order valence-corrected chi connectivity index (χ0v) is 10.8. The van der Waals surface area contributed by atoms with Crippen LogP contribution >= 0.6 is 0 Å². The van der Waals surface area contributed by atoms with E-state index >= 15 is 0 Å². The summed E-state index contributed by atoms with van der Waals surface area (Å²) >= 11 is 0. The highest BCUT2D eigenvalue weighted by molar-refractivity contribution is 5.91. The first kappa shape index (κ1) is 14.0. The molecular weight excluding hydrogens is 222 g/mol. The first-order valence-electron chi connectivity index (χ1n) is 5.89. The second-order valence-electron chi connectivity index (χ2n) is 5.46. The average Bonchev–Trinajstić information content (AvgIpc) is 2.76. The van der Waals surface area contributed by atoms with E-state index in [-0.39, 0.29) is 25.1 Å². The number of amides is 1. The molecule has 2 atom stereocenters. The Balaban J connectivity index is 2.80. The number of carboxylic acid groups (broad SMARTS) is 1. The zero-order chi connectivity index (χ0) is 13.4. The van der Waals surface area contributed by atoms with Gasteiger partial charge >= 0.3 is 5.97 Å². The van der Waals surface area contributed by atoms with Gasteiger partial charge in [0.2, 0.25) is 5.91 Å². The highest BCUT2D eigenvalue weighted by Crippen LogP contribution is 2.59. The minimum atomic E-state index is -0.916. The Bertz CT molecular complexity index is 324. The summed E-state index contributed by atoms with van der Waals surface area (Å²) in [5.41, 5.74) is -0.481. The van der Waals surface area contributed by atoms with Crippen LogP contribution in [-0.2, 0) is 9.59 Å². The minimum Gasteiger partial charge on any atom is -0.481 e. The summed E-state index contributed by atoms with van der Waals surface area (Å²) in [5.74, 6) is -2.14. The summed E-state index contributed by atoms with van der Waals surface area (Å²) in [6.07, 6.45) is 0. The Hall–Kier alpha value is -1.10. The standard InChI is InChI=1S/C12H21NO4/c1-7(2)13(5-6-14)10(15)8-9(11(16)17)12(8,3)4/h7-9,14H,5-6H2,1-4H3,(H,16,17)/t8-,9+/m1/s1. The van der Waals surface area contributed by atoms with Gasteiger partial charge in [0, 0.05) is 12.6 Å². The molecule has 1 rings (SSSR count). The Morgan fingerprint density at radius 3 is 2.12 bits per heavy atom. The van der Waals surface area contributed by atoms with Gasteiger partial charge in [-0.1, -0.05) is 13.8 Å². The molecule has 0 bridgehead atoms. The number of nitrogens with zero attached hydrogens (tertiary/aromatic N) is 1. The van der Waals surface area contributed by atoms with Gasteiger partial charge in [0.25, 0.3) is 0 Å². The van der Waals surface area contributed by atoms with Crippen LogP contribution in [0.4, 0.5) is 0 Å². The average molecular weight is 243 g/mol. The van der Waals surface area contributed by atoms with E-state index in [1.165, 1.54) is 0 Å². The normalized spacial score (nSPS) is 25.8. The van der Waals surface area contributed by atoms with Gasteiger partial charge in [-0.25, -0.2) is 0 Å². The molecule has 17 heavy (non-hydrogen) atoms. The van der Waals surface area contributed by atoms with Crippen LogP contribution in [0.5, 0.6) is 0 Å². The maximum Gasteiger partial charge on any atom is 0.307 e. The molecule has 1 amide bonds. The van der Waals surface area contributed by atoms with Gasteiger partial charge < -0.3 is 15.1 Å². The third-order valence-electron chi connectivity index (χ3n) is 3.61. The molecule has 1 aliphatic rings. The molecular formula is C12H21NO4. The molecule has 0 aromatic carbocycles. The molecule has 98 valence electrons. The number of aliphatic hydroxyl groups excluding tert-OH is 1. The number of carboxylic acids is 1. The number of rotatable bonds is 5. The Labute approximate surface area is 101 Å². The Kier molecular flexibility index (Phi) is 3.81. The maximum absolute atomic E-state index is 12.2. The molecule has 0 aromatic heterocycles. The summed E-state index contributed by atoms with van der Waals surface area (Å²) in [7, 11) is 0. The largest absolute Gasteiger partial charge is 0.481 e. The van der Waals surface area contributed by atoms with Crippen molar-refractivity contribution >= 4 is 11.9 Å². The molecule has 0 saturated heterocycles. The summed E-state index contributed by atoms with van der Waals surface area (Å²) in [5, 5.41) is 18.0. The van der Waals surface area contributed by atoms with E-state index in [2.05, 4.69) is 0 Å². The lowest BCUT2D eigenvalue weighted by Gasteiger charge is -2.26. The summed E-state index contributed by atoms with van der Waals surface area (Å²) < 4.78 is 0. The Morgan fingerprint density at radius 2 is 1.82 bits per heavy atom. The monoisotopic (exact) mass is 243 g/mol. The molecule has 0 spiro atoms. The van der Waals surface area contributed by atoms with Crippen molar-refractivity contribution in [2.24, 2.45) is 17.3 Å². The van der Waals surface area contributed by atoms with Gasteiger partial charge in [-0.3, -0.25) is 9.59 Å². The molecule has 0 heterocycles. The van der Waals surface area contributed by atoms with E-state index in [0.29, 0.717) is 0 Å². The predicted molar refractivity (Wildman–Crippen MR) is 62.3 cm³/mol. The van der Waals surface area contributed by atoms with Crippen molar-refractivity contribution in [2.45, 2.75) is 33.7 Å². The molecule has 1 aliphatic carbocycles. The van der Waals surface area contributed by atoms with E-state index < -0.39 is 23.2 Å². The molecule has 5 nitrogen and oxygen atoms in total. The van der Waals surface area contributed by atoms with Crippen LogP contribution in [0.3, 0.4) is 0 Å². The highest BCUT2D eigenvalue weighted by atomic mass is 16.4. The quantitative estimate of drug-likeness (QED) is 0.740. The number of aliphatic carboxylic acids is 1. The van der Waals surface area contributed by atoms with Crippen LogP contribution in [-0.4, -0.2) is 46.2 Å². The lowest BCUT2D eigenvalue weighted by Crippen LogP contribution is -2.41. The van der Waals surface area contributed by atoms with E-state index in [9.17, 15) is 9.59 Å².